The zero-order valence-corrected chi connectivity index (χ0v) is 21.8. The first-order valence-corrected chi connectivity index (χ1v) is 14.4. The van der Waals surface area contributed by atoms with E-state index in [1.54, 1.807) is 46.2 Å². The first kappa shape index (κ1) is 24.6. The number of hydrogen-bond acceptors (Lipinski definition) is 6. The molecule has 0 aliphatic rings. The van der Waals surface area contributed by atoms with Crippen molar-refractivity contribution in [2.45, 2.75) is 22.6 Å². The van der Waals surface area contributed by atoms with Crippen LogP contribution < -0.4 is 0 Å². The Morgan fingerprint density at radius 3 is 1.32 bits per heavy atom. The molecule has 2 N–H and O–H groups in total. The van der Waals surface area contributed by atoms with Gasteiger partial charge >= 0.3 is 11.9 Å². The Hall–Kier alpha value is -2.52. The third-order valence-electron chi connectivity index (χ3n) is 5.25. The summed E-state index contributed by atoms with van der Waals surface area (Å²) < 4.78 is 0. The number of thioether (sulfide) groups is 2. The predicted molar refractivity (Wildman–Crippen MR) is 145 cm³/mol. The first-order valence-electron chi connectivity index (χ1n) is 10.4. The summed E-state index contributed by atoms with van der Waals surface area (Å²) in [5.41, 5.74) is 3.51. The van der Waals surface area contributed by atoms with E-state index in [9.17, 15) is 19.8 Å². The highest BCUT2D eigenvalue weighted by molar-refractivity contribution is 7.98. The fourth-order valence-corrected chi connectivity index (χ4v) is 6.92. The number of aliphatic carboxylic acids is 2. The lowest BCUT2D eigenvalue weighted by atomic mass is 10.1. The van der Waals surface area contributed by atoms with Gasteiger partial charge in [0.15, 0.2) is 0 Å². The van der Waals surface area contributed by atoms with E-state index in [0.29, 0.717) is 0 Å². The average molecular weight is 527 g/mol. The molecule has 2 aromatic heterocycles. The van der Waals surface area contributed by atoms with Gasteiger partial charge in [0.05, 0.1) is 12.8 Å². The van der Waals surface area contributed by atoms with Crippen LogP contribution in [0.15, 0.2) is 70.5 Å². The van der Waals surface area contributed by atoms with Gasteiger partial charge in [-0.05, 0) is 71.2 Å². The molecule has 0 atom stereocenters. The quantitative estimate of drug-likeness (QED) is 0.220. The minimum Gasteiger partial charge on any atom is -0.481 e. The molecule has 0 unspecified atom stereocenters. The molecule has 4 nitrogen and oxygen atoms in total. The van der Waals surface area contributed by atoms with Crippen molar-refractivity contribution in [3.05, 3.63) is 71.8 Å². The molecule has 0 aliphatic heterocycles. The maximum absolute atomic E-state index is 11.6. The Balaban J connectivity index is 1.79. The van der Waals surface area contributed by atoms with E-state index >= 15 is 0 Å². The van der Waals surface area contributed by atoms with E-state index in [4.69, 9.17) is 0 Å². The van der Waals surface area contributed by atoms with Gasteiger partial charge in [-0.3, -0.25) is 9.59 Å². The van der Waals surface area contributed by atoms with E-state index in [-0.39, 0.29) is 12.8 Å². The summed E-state index contributed by atoms with van der Waals surface area (Å²) in [6.07, 6.45) is 3.91. The number of hydrogen-bond donors (Lipinski definition) is 2. The molecule has 0 spiro atoms. The van der Waals surface area contributed by atoms with Crippen molar-refractivity contribution < 1.29 is 19.8 Å². The van der Waals surface area contributed by atoms with E-state index in [1.165, 1.54) is 0 Å². The molecule has 174 valence electrons. The number of carbonyl (C=O) groups is 2. The molecule has 4 aromatic rings. The molecule has 0 aliphatic carbocycles. The Morgan fingerprint density at radius 1 is 0.676 bits per heavy atom. The average Bonchev–Trinajstić information content (AvgIpc) is 3.43. The highest BCUT2D eigenvalue weighted by atomic mass is 32.2. The van der Waals surface area contributed by atoms with Crippen molar-refractivity contribution in [3.8, 4) is 30.6 Å². The lowest BCUT2D eigenvalue weighted by molar-refractivity contribution is -0.137. The van der Waals surface area contributed by atoms with Gasteiger partial charge in [0.2, 0.25) is 0 Å². The summed E-state index contributed by atoms with van der Waals surface area (Å²) in [4.78, 5) is 29.2. The Bertz CT molecular complexity index is 1210. The number of carboxylic acids is 2. The maximum atomic E-state index is 11.6. The second kappa shape index (κ2) is 10.8. The lowest BCUT2D eigenvalue weighted by Gasteiger charge is -2.03. The molecular formula is C26H22O4S4. The van der Waals surface area contributed by atoms with Gasteiger partial charge < -0.3 is 10.2 Å². The normalized spacial score (nSPS) is 11.0. The van der Waals surface area contributed by atoms with Gasteiger partial charge in [-0.2, -0.15) is 0 Å². The molecule has 0 saturated heterocycles. The van der Waals surface area contributed by atoms with Gasteiger partial charge in [0.1, 0.15) is 0 Å². The zero-order valence-electron chi connectivity index (χ0n) is 18.5. The summed E-state index contributed by atoms with van der Waals surface area (Å²) in [5, 5.41) is 19.0. The van der Waals surface area contributed by atoms with Crippen LogP contribution in [0.3, 0.4) is 0 Å². The summed E-state index contributed by atoms with van der Waals surface area (Å²) in [6.45, 7) is 0. The fourth-order valence-electron chi connectivity index (χ4n) is 3.66. The predicted octanol–water partition coefficient (Wildman–Crippen LogP) is 7.51. The molecule has 0 bridgehead atoms. The topological polar surface area (TPSA) is 74.6 Å². The van der Waals surface area contributed by atoms with E-state index in [0.717, 1.165) is 51.6 Å². The summed E-state index contributed by atoms with van der Waals surface area (Å²) in [6, 6.07) is 20.1. The minimum absolute atomic E-state index is 0.0630. The highest BCUT2D eigenvalue weighted by Gasteiger charge is 2.19. The molecule has 4 rings (SSSR count). The smallest absolute Gasteiger partial charge is 0.307 e. The van der Waals surface area contributed by atoms with Gasteiger partial charge in [-0.15, -0.1) is 46.2 Å². The second-order valence-electron chi connectivity index (χ2n) is 7.53. The fraction of sp³-hybridized carbons (Fsp3) is 0.154. The summed E-state index contributed by atoms with van der Waals surface area (Å²) in [7, 11) is 0. The third-order valence-corrected chi connectivity index (χ3v) is 9.38. The third kappa shape index (κ3) is 5.58. The SMILES string of the molecule is CSc1ccc(-c2sc(-c3cc(CC(=O)O)c(-c4ccc(SC)cc4)s3)cc2CC(=O)O)cc1. The van der Waals surface area contributed by atoms with Crippen molar-refractivity contribution in [3.63, 3.8) is 0 Å². The molecular weight excluding hydrogens is 505 g/mol. The first-order chi connectivity index (χ1) is 16.4. The molecule has 0 fully saturated rings. The van der Waals surface area contributed by atoms with Crippen LogP contribution >= 0.6 is 46.2 Å². The number of thiophene rings is 2. The van der Waals surface area contributed by atoms with Crippen molar-refractivity contribution >= 4 is 58.1 Å². The van der Waals surface area contributed by atoms with Crippen molar-refractivity contribution in [2.24, 2.45) is 0 Å². The Morgan fingerprint density at radius 2 is 1.03 bits per heavy atom. The molecule has 0 saturated carbocycles. The van der Waals surface area contributed by atoms with Crippen LogP contribution in [0.5, 0.6) is 0 Å². The van der Waals surface area contributed by atoms with Crippen LogP contribution in [0.25, 0.3) is 30.6 Å². The Kier molecular flexibility index (Phi) is 7.83. The lowest BCUT2D eigenvalue weighted by Crippen LogP contribution is -1.99. The van der Waals surface area contributed by atoms with E-state index in [2.05, 4.69) is 0 Å². The second-order valence-corrected chi connectivity index (χ2v) is 11.4. The van der Waals surface area contributed by atoms with Crippen LogP contribution in [0, 0.1) is 0 Å². The minimum atomic E-state index is -0.876. The van der Waals surface area contributed by atoms with Crippen LogP contribution in [0.4, 0.5) is 0 Å². The molecule has 34 heavy (non-hydrogen) atoms. The summed E-state index contributed by atoms with van der Waals surface area (Å²) in [5.74, 6) is -1.75. The van der Waals surface area contributed by atoms with Crippen molar-refractivity contribution in [2.75, 3.05) is 12.5 Å². The Labute approximate surface area is 214 Å². The maximum Gasteiger partial charge on any atom is 0.307 e. The number of benzene rings is 2. The molecule has 2 aromatic carbocycles. The summed E-state index contributed by atoms with van der Waals surface area (Å²) >= 11 is 6.43. The standard InChI is InChI=1S/C26H22O4S4/c1-31-19-7-3-15(4-8-19)25-17(13-23(27)28)11-21(33-25)22-12-18(14-24(29)30)26(34-22)16-5-9-20(32-2)10-6-16/h3-12H,13-14H2,1-2H3,(H,27,28)(H,29,30). The number of rotatable bonds is 9. The molecule has 2 heterocycles. The molecule has 0 amide bonds. The van der Waals surface area contributed by atoms with Crippen LogP contribution in [-0.2, 0) is 22.4 Å². The van der Waals surface area contributed by atoms with E-state index < -0.39 is 11.9 Å². The largest absolute Gasteiger partial charge is 0.481 e. The van der Waals surface area contributed by atoms with Crippen molar-refractivity contribution in [1.29, 1.82) is 0 Å². The van der Waals surface area contributed by atoms with Crippen molar-refractivity contribution in [1.82, 2.24) is 0 Å². The molecule has 0 radical (unpaired) electrons. The van der Waals surface area contributed by atoms with Crippen LogP contribution in [0.2, 0.25) is 0 Å². The monoisotopic (exact) mass is 526 g/mol. The van der Waals surface area contributed by atoms with Gasteiger partial charge in [0.25, 0.3) is 0 Å². The van der Waals surface area contributed by atoms with Gasteiger partial charge in [-0.1, -0.05) is 24.3 Å². The van der Waals surface area contributed by atoms with Gasteiger partial charge in [-0.25, -0.2) is 0 Å². The van der Waals surface area contributed by atoms with Gasteiger partial charge in [0, 0.05) is 29.3 Å². The van der Waals surface area contributed by atoms with E-state index in [1.807, 2.05) is 73.2 Å². The highest BCUT2D eigenvalue weighted by Crippen LogP contribution is 2.45. The number of carboxylic acid groups (broad SMARTS) is 2. The molecule has 8 heteroatoms. The van der Waals surface area contributed by atoms with Crippen LogP contribution in [0.1, 0.15) is 11.1 Å². The van der Waals surface area contributed by atoms with Crippen LogP contribution in [-0.4, -0.2) is 34.7 Å². The zero-order chi connectivity index (χ0) is 24.2.